The molecule has 0 atom stereocenters. The number of carbonyl (C=O) groups is 6. The molecule has 5 N–H and O–H groups in total. The molecule has 16 nitrogen and oxygen atoms in total. The first-order valence-corrected chi connectivity index (χ1v) is 17.3. The molecular weight excluding hydrogens is 706 g/mol. The van der Waals surface area contributed by atoms with Crippen LogP contribution in [0.25, 0.3) is 0 Å². The third-order valence-corrected chi connectivity index (χ3v) is 7.74. The van der Waals surface area contributed by atoms with Gasteiger partial charge in [-0.25, -0.2) is 0 Å². The van der Waals surface area contributed by atoms with E-state index < -0.39 is 29.4 Å². The van der Waals surface area contributed by atoms with Gasteiger partial charge in [-0.05, 0) is 30.2 Å². The van der Waals surface area contributed by atoms with Gasteiger partial charge in [0.25, 0.3) is 0 Å². The van der Waals surface area contributed by atoms with Gasteiger partial charge in [-0.3, -0.25) is 28.8 Å². The van der Waals surface area contributed by atoms with E-state index in [1.165, 1.54) is 0 Å². The van der Waals surface area contributed by atoms with E-state index in [0.29, 0.717) is 11.3 Å². The van der Waals surface area contributed by atoms with Crippen LogP contribution in [0.2, 0.25) is 0 Å². The van der Waals surface area contributed by atoms with Gasteiger partial charge in [-0.15, -0.1) is 6.42 Å². The molecule has 0 fully saturated rings. The van der Waals surface area contributed by atoms with Crippen LogP contribution in [0.4, 0.5) is 5.69 Å². The number of anilines is 1. The second kappa shape index (κ2) is 24.8. The Morgan fingerprint density at radius 3 is 1.78 bits per heavy atom. The number of benzene rings is 2. The molecule has 0 saturated carbocycles. The maximum Gasteiger partial charge on any atom is 0.305 e. The van der Waals surface area contributed by atoms with Crippen molar-refractivity contribution in [2.24, 2.45) is 0 Å². The summed E-state index contributed by atoms with van der Waals surface area (Å²) in [5.41, 5.74) is 1.67. The number of hydrogen-bond donors (Lipinski definition) is 5. The van der Waals surface area contributed by atoms with Gasteiger partial charge in [-0.1, -0.05) is 42.3 Å². The number of para-hydroxylation sites is 1. The smallest absolute Gasteiger partial charge is 0.305 e. The minimum atomic E-state index is -1.41. The maximum absolute atomic E-state index is 13.4. The van der Waals surface area contributed by atoms with E-state index in [2.05, 4.69) is 16.6 Å². The van der Waals surface area contributed by atoms with Crippen molar-refractivity contribution < 1.29 is 63.0 Å². The number of nitrogens with zero attached hydrogens (tertiary/aromatic N) is 1. The molecule has 0 spiro atoms. The monoisotopic (exact) mass is 755 g/mol. The number of nitrogens with one attached hydrogen (secondary N) is 2. The molecule has 294 valence electrons. The molecule has 2 aromatic rings. The number of hydrogen-bond acceptors (Lipinski definition) is 10. The van der Waals surface area contributed by atoms with Crippen LogP contribution < -0.4 is 15.5 Å². The van der Waals surface area contributed by atoms with Gasteiger partial charge in [-0.2, -0.15) is 0 Å². The topological polar surface area (TPSA) is 227 Å². The molecule has 3 amide bonds. The summed E-state index contributed by atoms with van der Waals surface area (Å²) in [5.74, 6) is -1.83. The number of amides is 3. The highest BCUT2D eigenvalue weighted by Gasteiger charge is 2.34. The zero-order chi connectivity index (χ0) is 39.8. The summed E-state index contributed by atoms with van der Waals surface area (Å²) in [6, 6.07) is 14.8. The van der Waals surface area contributed by atoms with Gasteiger partial charge in [0.2, 0.25) is 17.7 Å². The number of aryl methyl sites for hydroxylation is 1. The number of rotatable bonds is 28. The lowest BCUT2D eigenvalue weighted by atomic mass is 10.0. The number of aliphatic carboxylic acids is 3. The molecule has 54 heavy (non-hydrogen) atoms. The second-order valence-corrected chi connectivity index (χ2v) is 12.2. The molecule has 0 unspecified atom stereocenters. The van der Waals surface area contributed by atoms with Gasteiger partial charge >= 0.3 is 17.9 Å². The largest absolute Gasteiger partial charge is 0.481 e. The van der Waals surface area contributed by atoms with E-state index in [4.69, 9.17) is 40.7 Å². The molecular formula is C38H49N3O13. The molecule has 2 aromatic carbocycles. The Hall–Kier alpha value is -5.34. The predicted molar refractivity (Wildman–Crippen MR) is 195 cm³/mol. The summed E-state index contributed by atoms with van der Waals surface area (Å²) >= 11 is 0. The van der Waals surface area contributed by atoms with Gasteiger partial charge in [0.05, 0.1) is 78.7 Å². The van der Waals surface area contributed by atoms with Gasteiger partial charge in [0.15, 0.2) is 0 Å². The third kappa shape index (κ3) is 17.9. The van der Waals surface area contributed by atoms with Crippen LogP contribution in [0.15, 0.2) is 48.5 Å². The van der Waals surface area contributed by atoms with Crippen molar-refractivity contribution in [1.29, 1.82) is 0 Å². The predicted octanol–water partition coefficient (Wildman–Crippen LogP) is 2.14. The highest BCUT2D eigenvalue weighted by atomic mass is 16.5. The molecule has 0 saturated heterocycles. The first kappa shape index (κ1) is 44.8. The lowest BCUT2D eigenvalue weighted by Gasteiger charge is -2.34. The van der Waals surface area contributed by atoms with E-state index >= 15 is 0 Å². The summed E-state index contributed by atoms with van der Waals surface area (Å²) in [7, 11) is 0. The summed E-state index contributed by atoms with van der Waals surface area (Å²) in [4.78, 5) is 73.4. The first-order valence-electron chi connectivity index (χ1n) is 17.3. The van der Waals surface area contributed by atoms with Crippen molar-refractivity contribution in [3.05, 3.63) is 65.2 Å². The van der Waals surface area contributed by atoms with E-state index in [9.17, 15) is 28.8 Å². The lowest BCUT2D eigenvalue weighted by Crippen LogP contribution is -2.59. The lowest BCUT2D eigenvalue weighted by molar-refractivity contribution is -0.140. The van der Waals surface area contributed by atoms with Crippen molar-refractivity contribution in [3.8, 4) is 12.3 Å². The van der Waals surface area contributed by atoms with Crippen molar-refractivity contribution >= 4 is 41.3 Å². The van der Waals surface area contributed by atoms with Crippen molar-refractivity contribution in [2.75, 3.05) is 64.3 Å². The molecule has 0 bridgehead atoms. The van der Waals surface area contributed by atoms with E-state index in [-0.39, 0.29) is 116 Å². The zero-order valence-electron chi connectivity index (χ0n) is 30.4. The van der Waals surface area contributed by atoms with Crippen molar-refractivity contribution in [1.82, 2.24) is 10.6 Å². The zero-order valence-corrected chi connectivity index (χ0v) is 30.4. The summed E-state index contributed by atoms with van der Waals surface area (Å²) in [5, 5.41) is 32.2. The molecule has 0 aliphatic carbocycles. The highest BCUT2D eigenvalue weighted by molar-refractivity contribution is 5.96. The van der Waals surface area contributed by atoms with Crippen LogP contribution in [0, 0.1) is 19.3 Å². The summed E-state index contributed by atoms with van der Waals surface area (Å²) < 4.78 is 21.9. The average Bonchev–Trinajstić information content (AvgIpc) is 3.13. The van der Waals surface area contributed by atoms with E-state index in [0.717, 1.165) is 11.1 Å². The molecule has 0 aliphatic heterocycles. The second-order valence-electron chi connectivity index (χ2n) is 12.2. The SMILES string of the molecule is C#Cc1ccccc1CN(C(=O)CCC(=O)NCCOCCC(=O)NC(COCCC(=O)O)(COCCC(=O)O)COCCC(=O)O)c1ccccc1C. The molecule has 2 rings (SSSR count). The third-order valence-electron chi connectivity index (χ3n) is 7.74. The quantitative estimate of drug-likeness (QED) is 0.0621. The molecule has 16 heteroatoms. The van der Waals surface area contributed by atoms with Crippen LogP contribution in [0.3, 0.4) is 0 Å². The van der Waals surface area contributed by atoms with Gasteiger partial charge in [0.1, 0.15) is 5.54 Å². The molecule has 0 heterocycles. The number of ether oxygens (including phenoxy) is 4. The molecule has 0 aliphatic rings. The Balaban J connectivity index is 1.88. The van der Waals surface area contributed by atoms with Crippen molar-refractivity contribution in [3.63, 3.8) is 0 Å². The Kier molecular flexibility index (Phi) is 20.6. The van der Waals surface area contributed by atoms with Crippen LogP contribution in [0.1, 0.15) is 55.2 Å². The van der Waals surface area contributed by atoms with Gasteiger partial charge in [0, 0.05) is 37.1 Å². The Bertz CT molecular complexity index is 1540. The fourth-order valence-electron chi connectivity index (χ4n) is 4.99. The summed E-state index contributed by atoms with van der Waals surface area (Å²) in [6.07, 6.45) is 4.44. The van der Waals surface area contributed by atoms with Crippen LogP contribution in [-0.2, 0) is 54.3 Å². The van der Waals surface area contributed by atoms with E-state index in [1.807, 2.05) is 49.4 Å². The normalized spacial score (nSPS) is 11.0. The first-order chi connectivity index (χ1) is 25.9. The fraction of sp³-hybridized carbons (Fsp3) is 0.474. The van der Waals surface area contributed by atoms with Crippen LogP contribution in [0.5, 0.6) is 0 Å². The number of carbonyl (C=O) groups excluding carboxylic acids is 3. The minimum absolute atomic E-state index is 0.0543. The minimum Gasteiger partial charge on any atom is -0.481 e. The summed E-state index contributed by atoms with van der Waals surface area (Å²) in [6.45, 7) is 0.820. The van der Waals surface area contributed by atoms with Crippen molar-refractivity contribution in [2.45, 2.75) is 57.5 Å². The van der Waals surface area contributed by atoms with Gasteiger partial charge < -0.3 is 49.8 Å². The maximum atomic E-state index is 13.4. The standard InChI is InChI=1S/C38H49N3O13/c1-3-29-9-5-6-10-30(29)24-41(31-11-7-4-8-28(31)2)34(44)13-12-32(42)39-18-23-51-19-14-33(43)40-38(25-52-20-15-35(45)46,26-53-21-16-36(47)48)27-54-22-17-37(49)50/h1,4-11H,12-27H2,2H3,(H,39,42)(H,40,43)(H,45,46)(H,47,48)(H,49,50). The Morgan fingerprint density at radius 2 is 1.22 bits per heavy atom. The average molecular weight is 756 g/mol. The van der Waals surface area contributed by atoms with Crippen LogP contribution in [-0.4, -0.2) is 116 Å². The number of terminal acetylenes is 1. The molecule has 0 radical (unpaired) electrons. The van der Waals surface area contributed by atoms with Crippen LogP contribution >= 0.6 is 0 Å². The molecule has 0 aromatic heterocycles. The highest BCUT2D eigenvalue weighted by Crippen LogP contribution is 2.24. The fourth-order valence-corrected chi connectivity index (χ4v) is 4.99. The Labute approximate surface area is 314 Å². The number of carboxylic acids is 3. The Morgan fingerprint density at radius 1 is 0.685 bits per heavy atom. The van der Waals surface area contributed by atoms with E-state index in [1.54, 1.807) is 11.0 Å². The number of carboxylic acid groups (broad SMARTS) is 3.